The highest BCUT2D eigenvalue weighted by Crippen LogP contribution is 2.32. The summed E-state index contributed by atoms with van der Waals surface area (Å²) in [6.45, 7) is 2.49. The summed E-state index contributed by atoms with van der Waals surface area (Å²) < 4.78 is 7.34. The number of ether oxygens (including phenoxy) is 1. The fraction of sp³-hybridized carbons (Fsp3) is 0.107. The second-order valence-corrected chi connectivity index (χ2v) is 7.81. The van der Waals surface area contributed by atoms with Crippen LogP contribution >= 0.6 is 0 Å². The Hall–Kier alpha value is -4.63. The third kappa shape index (κ3) is 5.22. The summed E-state index contributed by atoms with van der Waals surface area (Å²) in [5.41, 5.74) is 4.78. The summed E-state index contributed by atoms with van der Waals surface area (Å²) in [5, 5.41) is 17.3. The van der Waals surface area contributed by atoms with Crippen molar-refractivity contribution >= 4 is 17.7 Å². The molecule has 0 spiro atoms. The lowest BCUT2D eigenvalue weighted by atomic mass is 10.0. The Kier molecular flexibility index (Phi) is 6.85. The molecule has 4 aromatic rings. The molecule has 1 amide bonds. The lowest BCUT2D eigenvalue weighted by Gasteiger charge is -2.07. The number of hydrogen-bond acceptors (Lipinski definition) is 4. The number of nitrogens with one attached hydrogen (secondary N) is 1. The smallest absolute Gasteiger partial charge is 0.266 e. The van der Waals surface area contributed by atoms with Gasteiger partial charge in [-0.2, -0.15) is 10.4 Å². The summed E-state index contributed by atoms with van der Waals surface area (Å²) >= 11 is 0. The monoisotopic (exact) mass is 448 g/mol. The van der Waals surface area contributed by atoms with Gasteiger partial charge in [-0.25, -0.2) is 0 Å². The second-order valence-electron chi connectivity index (χ2n) is 7.81. The molecule has 0 atom stereocenters. The molecule has 0 unspecified atom stereocenters. The summed E-state index contributed by atoms with van der Waals surface area (Å²) in [5.74, 6) is 0.180. The van der Waals surface area contributed by atoms with E-state index in [-0.39, 0.29) is 5.57 Å². The van der Waals surface area contributed by atoms with Gasteiger partial charge in [-0.05, 0) is 48.4 Å². The van der Waals surface area contributed by atoms with Crippen molar-refractivity contribution in [2.45, 2.75) is 13.5 Å². The van der Waals surface area contributed by atoms with Crippen molar-refractivity contribution < 1.29 is 9.53 Å². The Bertz CT molecular complexity index is 1380. The molecule has 0 aliphatic carbocycles. The number of aryl methyl sites for hydroxylation is 1. The summed E-state index contributed by atoms with van der Waals surface area (Å²) in [7, 11) is 1.60. The number of rotatable bonds is 7. The number of nitriles is 1. The van der Waals surface area contributed by atoms with Gasteiger partial charge in [0, 0.05) is 23.0 Å². The van der Waals surface area contributed by atoms with Crippen LogP contribution in [-0.2, 0) is 11.3 Å². The van der Waals surface area contributed by atoms with Crippen molar-refractivity contribution in [1.82, 2.24) is 9.78 Å². The first-order valence-corrected chi connectivity index (χ1v) is 10.8. The normalized spacial score (nSPS) is 11.0. The largest absolute Gasteiger partial charge is 0.496 e. The van der Waals surface area contributed by atoms with E-state index in [1.807, 2.05) is 92.0 Å². The maximum Gasteiger partial charge on any atom is 0.266 e. The van der Waals surface area contributed by atoms with E-state index in [1.165, 1.54) is 0 Å². The zero-order chi connectivity index (χ0) is 23.9. The zero-order valence-electron chi connectivity index (χ0n) is 19.0. The van der Waals surface area contributed by atoms with E-state index in [0.717, 1.165) is 16.7 Å². The molecule has 1 N–H and O–H groups in total. The van der Waals surface area contributed by atoms with E-state index in [4.69, 9.17) is 9.84 Å². The maximum atomic E-state index is 12.9. The van der Waals surface area contributed by atoms with Gasteiger partial charge in [-0.3, -0.25) is 9.48 Å². The highest BCUT2D eigenvalue weighted by Gasteiger charge is 2.17. The van der Waals surface area contributed by atoms with Crippen molar-refractivity contribution in [1.29, 1.82) is 5.26 Å². The number of nitrogens with zero attached hydrogens (tertiary/aromatic N) is 3. The van der Waals surface area contributed by atoms with Crippen LogP contribution in [0.5, 0.6) is 5.75 Å². The number of benzene rings is 3. The van der Waals surface area contributed by atoms with Gasteiger partial charge in [0.15, 0.2) is 0 Å². The molecule has 0 saturated carbocycles. The number of carbonyl (C=O) groups is 1. The second kappa shape index (κ2) is 10.3. The minimum atomic E-state index is -0.477. The number of para-hydroxylation sites is 1. The van der Waals surface area contributed by atoms with Crippen LogP contribution in [0, 0.1) is 18.3 Å². The Labute approximate surface area is 198 Å². The van der Waals surface area contributed by atoms with Crippen molar-refractivity contribution in [3.8, 4) is 23.1 Å². The minimum absolute atomic E-state index is 0.0167. The maximum absolute atomic E-state index is 12.9. The number of hydrogen-bond donors (Lipinski definition) is 1. The predicted octanol–water partition coefficient (Wildman–Crippen LogP) is 5.46. The Balaban J connectivity index is 1.74. The SMILES string of the molecule is COc1ccccc1-c1nn(Cc2ccccc2)cc1/C=C(\C#N)C(=O)Nc1cccc(C)c1. The van der Waals surface area contributed by atoms with Gasteiger partial charge in [-0.15, -0.1) is 0 Å². The van der Waals surface area contributed by atoms with E-state index in [9.17, 15) is 10.1 Å². The Morgan fingerprint density at radius 3 is 2.59 bits per heavy atom. The molecule has 0 fully saturated rings. The number of carbonyl (C=O) groups excluding carboxylic acids is 1. The molecular weight excluding hydrogens is 424 g/mol. The molecule has 34 heavy (non-hydrogen) atoms. The molecule has 3 aromatic carbocycles. The summed E-state index contributed by atoms with van der Waals surface area (Å²) in [4.78, 5) is 12.9. The van der Waals surface area contributed by atoms with Crippen LogP contribution in [0.4, 0.5) is 5.69 Å². The number of aromatic nitrogens is 2. The van der Waals surface area contributed by atoms with Gasteiger partial charge in [-0.1, -0.05) is 54.6 Å². The van der Waals surface area contributed by atoms with Gasteiger partial charge in [0.25, 0.3) is 5.91 Å². The molecule has 168 valence electrons. The third-order valence-corrected chi connectivity index (χ3v) is 5.28. The highest BCUT2D eigenvalue weighted by molar-refractivity contribution is 6.10. The quantitative estimate of drug-likeness (QED) is 0.301. The van der Waals surface area contributed by atoms with Crippen molar-refractivity contribution in [3.05, 3.63) is 107 Å². The van der Waals surface area contributed by atoms with Crippen LogP contribution in [0.3, 0.4) is 0 Å². The zero-order valence-corrected chi connectivity index (χ0v) is 19.0. The van der Waals surface area contributed by atoms with E-state index in [2.05, 4.69) is 5.32 Å². The van der Waals surface area contributed by atoms with Gasteiger partial charge >= 0.3 is 0 Å². The average molecular weight is 449 g/mol. The fourth-order valence-corrected chi connectivity index (χ4v) is 3.67. The van der Waals surface area contributed by atoms with E-state index in [0.29, 0.717) is 29.2 Å². The summed E-state index contributed by atoms with van der Waals surface area (Å²) in [6.07, 6.45) is 3.41. The van der Waals surface area contributed by atoms with Gasteiger partial charge < -0.3 is 10.1 Å². The van der Waals surface area contributed by atoms with E-state index in [1.54, 1.807) is 23.9 Å². The Morgan fingerprint density at radius 1 is 1.09 bits per heavy atom. The van der Waals surface area contributed by atoms with Crippen LogP contribution in [0.25, 0.3) is 17.3 Å². The lowest BCUT2D eigenvalue weighted by Crippen LogP contribution is -2.13. The number of methoxy groups -OCH3 is 1. The van der Waals surface area contributed by atoms with Gasteiger partial charge in [0.05, 0.1) is 13.7 Å². The molecule has 0 aliphatic heterocycles. The van der Waals surface area contributed by atoms with Crippen LogP contribution in [0.2, 0.25) is 0 Å². The highest BCUT2D eigenvalue weighted by atomic mass is 16.5. The van der Waals surface area contributed by atoms with Crippen LogP contribution in [-0.4, -0.2) is 22.8 Å². The topological polar surface area (TPSA) is 79.9 Å². The lowest BCUT2D eigenvalue weighted by molar-refractivity contribution is -0.112. The van der Waals surface area contributed by atoms with Crippen molar-refractivity contribution in [3.63, 3.8) is 0 Å². The predicted molar refractivity (Wildman–Crippen MR) is 133 cm³/mol. The molecule has 0 bridgehead atoms. The van der Waals surface area contributed by atoms with Crippen LogP contribution in [0.15, 0.2) is 90.6 Å². The molecule has 4 rings (SSSR count). The van der Waals surface area contributed by atoms with E-state index >= 15 is 0 Å². The van der Waals surface area contributed by atoms with Crippen molar-refractivity contribution in [2.24, 2.45) is 0 Å². The number of anilines is 1. The third-order valence-electron chi connectivity index (χ3n) is 5.28. The first-order valence-electron chi connectivity index (χ1n) is 10.8. The molecule has 0 radical (unpaired) electrons. The molecule has 0 aliphatic rings. The Morgan fingerprint density at radius 2 is 1.85 bits per heavy atom. The van der Waals surface area contributed by atoms with Crippen molar-refractivity contribution in [2.75, 3.05) is 12.4 Å². The van der Waals surface area contributed by atoms with E-state index < -0.39 is 5.91 Å². The summed E-state index contributed by atoms with van der Waals surface area (Å²) in [6, 6.07) is 27.0. The standard InChI is InChI=1S/C28H24N4O2/c1-20-9-8-12-24(15-20)30-28(33)22(17-29)16-23-19-32(18-21-10-4-3-5-11-21)31-27(23)25-13-6-7-14-26(25)34-2/h3-16,19H,18H2,1-2H3,(H,30,33)/b22-16+. The van der Waals surface area contributed by atoms with Crippen LogP contribution < -0.4 is 10.1 Å². The molecule has 6 heteroatoms. The molecule has 1 heterocycles. The first kappa shape index (κ1) is 22.6. The van der Waals surface area contributed by atoms with Gasteiger partial charge in [0.1, 0.15) is 23.1 Å². The molecule has 1 aromatic heterocycles. The molecule has 6 nitrogen and oxygen atoms in total. The van der Waals surface area contributed by atoms with Gasteiger partial charge in [0.2, 0.25) is 0 Å². The minimum Gasteiger partial charge on any atom is -0.496 e. The first-order chi connectivity index (χ1) is 16.6. The van der Waals surface area contributed by atoms with Crippen LogP contribution in [0.1, 0.15) is 16.7 Å². The number of amides is 1. The fourth-order valence-electron chi connectivity index (χ4n) is 3.67. The molecule has 0 saturated heterocycles. The average Bonchev–Trinajstić information content (AvgIpc) is 3.24. The molecular formula is C28H24N4O2.